The minimum absolute atomic E-state index is 0.471. The number of unbranched alkanes of at least 4 members (excludes halogenated alkanes) is 4. The third-order valence-electron chi connectivity index (χ3n) is 6.16. The Kier molecular flexibility index (Phi) is 9.77. The highest BCUT2D eigenvalue weighted by Crippen LogP contribution is 2.19. The van der Waals surface area contributed by atoms with E-state index >= 15 is 0 Å². The molecule has 1 aromatic rings. The predicted molar refractivity (Wildman–Crippen MR) is 124 cm³/mol. The topological polar surface area (TPSA) is 44.3 Å². The van der Waals surface area contributed by atoms with Crippen LogP contribution >= 0.6 is 0 Å². The highest BCUT2D eigenvalue weighted by molar-refractivity contribution is 5.43. The van der Waals surface area contributed by atoms with Gasteiger partial charge in [-0.1, -0.05) is 44.8 Å². The lowest BCUT2D eigenvalue weighted by atomic mass is 10.2. The number of anilines is 2. The molecule has 5 nitrogen and oxygen atoms in total. The summed E-state index contributed by atoms with van der Waals surface area (Å²) in [5, 5.41) is 3.59. The van der Waals surface area contributed by atoms with Gasteiger partial charge in [0, 0.05) is 38.4 Å². The second kappa shape index (κ2) is 12.8. The lowest BCUT2D eigenvalue weighted by Crippen LogP contribution is -2.28. The van der Waals surface area contributed by atoms with E-state index in [1.165, 1.54) is 83.7 Å². The molecule has 162 valence electrons. The van der Waals surface area contributed by atoms with Crippen LogP contribution in [0.5, 0.6) is 0 Å². The van der Waals surface area contributed by atoms with E-state index in [1.54, 1.807) is 0 Å². The summed E-state index contributed by atoms with van der Waals surface area (Å²) in [4.78, 5) is 14.3. The normalized spacial score (nSPS) is 21.0. The molecule has 3 heterocycles. The molecule has 0 radical (unpaired) electrons. The third kappa shape index (κ3) is 7.96. The van der Waals surface area contributed by atoms with Gasteiger partial charge in [-0.25, -0.2) is 4.98 Å². The van der Waals surface area contributed by atoms with Gasteiger partial charge in [0.2, 0.25) is 5.95 Å². The highest BCUT2D eigenvalue weighted by Gasteiger charge is 2.22. The van der Waals surface area contributed by atoms with Crippen molar-refractivity contribution in [1.29, 1.82) is 0 Å². The second-order valence-electron chi connectivity index (χ2n) is 8.68. The highest BCUT2D eigenvalue weighted by atomic mass is 15.3. The number of nitrogens with one attached hydrogen (secondary N) is 1. The SMILES string of the molecule is CCCCC/C=C\CCCN1CCC(Nc2nccc(N3CCCCCC3)n2)C1. The van der Waals surface area contributed by atoms with Crippen LogP contribution in [0.15, 0.2) is 24.4 Å². The second-order valence-corrected chi connectivity index (χ2v) is 8.68. The molecule has 5 heteroatoms. The Hall–Kier alpha value is -1.62. The standard InChI is InChI=1S/C24H41N5/c1-2-3-4-5-6-7-8-11-17-28-20-15-22(21-28)26-24-25-16-14-23(27-24)29-18-12-9-10-13-19-29/h6-7,14,16,22H,2-5,8-13,15,17-21H2,1H3,(H,25,26,27)/b7-6-. The molecular weight excluding hydrogens is 358 g/mol. The van der Waals surface area contributed by atoms with Gasteiger partial charge in [-0.2, -0.15) is 4.98 Å². The van der Waals surface area contributed by atoms with Crippen molar-refractivity contribution in [3.05, 3.63) is 24.4 Å². The molecule has 1 N–H and O–H groups in total. The van der Waals surface area contributed by atoms with Crippen LogP contribution in [0, 0.1) is 0 Å². The van der Waals surface area contributed by atoms with Crippen molar-refractivity contribution in [2.75, 3.05) is 42.9 Å². The zero-order valence-corrected chi connectivity index (χ0v) is 18.5. The van der Waals surface area contributed by atoms with E-state index in [9.17, 15) is 0 Å². The Morgan fingerprint density at radius 3 is 2.62 bits per heavy atom. The van der Waals surface area contributed by atoms with Gasteiger partial charge in [-0.05, 0) is 57.6 Å². The van der Waals surface area contributed by atoms with E-state index in [0.29, 0.717) is 6.04 Å². The summed E-state index contributed by atoms with van der Waals surface area (Å²) in [6, 6.07) is 2.53. The summed E-state index contributed by atoms with van der Waals surface area (Å²) in [5.41, 5.74) is 0. The van der Waals surface area contributed by atoms with Crippen LogP contribution < -0.4 is 10.2 Å². The molecule has 0 bridgehead atoms. The van der Waals surface area contributed by atoms with Gasteiger partial charge in [0.1, 0.15) is 5.82 Å². The van der Waals surface area contributed by atoms with E-state index in [4.69, 9.17) is 4.98 Å². The zero-order chi connectivity index (χ0) is 20.2. The molecule has 0 spiro atoms. The number of rotatable bonds is 11. The molecule has 2 saturated heterocycles. The number of hydrogen-bond donors (Lipinski definition) is 1. The van der Waals surface area contributed by atoms with E-state index < -0.39 is 0 Å². The monoisotopic (exact) mass is 399 g/mol. The Labute approximate surface area is 178 Å². The molecule has 0 amide bonds. The molecule has 0 aromatic carbocycles. The van der Waals surface area contributed by atoms with Crippen LogP contribution in [0.3, 0.4) is 0 Å². The van der Waals surface area contributed by atoms with Crippen LogP contribution in [-0.2, 0) is 0 Å². The fourth-order valence-electron chi connectivity index (χ4n) is 4.41. The number of aromatic nitrogens is 2. The zero-order valence-electron chi connectivity index (χ0n) is 18.5. The van der Waals surface area contributed by atoms with Gasteiger partial charge in [0.15, 0.2) is 0 Å². The predicted octanol–water partition coefficient (Wildman–Crippen LogP) is 5.26. The van der Waals surface area contributed by atoms with Crippen molar-refractivity contribution < 1.29 is 0 Å². The molecule has 1 atom stereocenters. The molecule has 3 rings (SSSR count). The Bertz CT molecular complexity index is 595. The molecule has 2 aliphatic rings. The van der Waals surface area contributed by atoms with Gasteiger partial charge in [0.25, 0.3) is 0 Å². The molecule has 29 heavy (non-hydrogen) atoms. The molecule has 1 aromatic heterocycles. The number of nitrogens with zero attached hydrogens (tertiary/aromatic N) is 4. The quantitative estimate of drug-likeness (QED) is 0.406. The first-order chi connectivity index (χ1) is 14.3. The summed E-state index contributed by atoms with van der Waals surface area (Å²) in [6.45, 7) is 8.01. The Morgan fingerprint density at radius 1 is 1.03 bits per heavy atom. The summed E-state index contributed by atoms with van der Waals surface area (Å²) >= 11 is 0. The van der Waals surface area contributed by atoms with Gasteiger partial charge in [0.05, 0.1) is 0 Å². The van der Waals surface area contributed by atoms with Crippen LogP contribution in [-0.4, -0.2) is 53.6 Å². The van der Waals surface area contributed by atoms with Crippen molar-refractivity contribution in [3.8, 4) is 0 Å². The first kappa shape index (κ1) is 22.1. The van der Waals surface area contributed by atoms with Crippen LogP contribution in [0.2, 0.25) is 0 Å². The maximum Gasteiger partial charge on any atom is 0.224 e. The largest absolute Gasteiger partial charge is 0.356 e. The number of allylic oxidation sites excluding steroid dienone is 2. The third-order valence-corrected chi connectivity index (χ3v) is 6.16. The van der Waals surface area contributed by atoms with E-state index in [1.807, 2.05) is 6.20 Å². The maximum atomic E-state index is 4.82. The number of hydrogen-bond acceptors (Lipinski definition) is 5. The average molecular weight is 400 g/mol. The minimum atomic E-state index is 0.471. The van der Waals surface area contributed by atoms with Gasteiger partial charge < -0.3 is 15.1 Å². The summed E-state index contributed by atoms with van der Waals surface area (Å²) in [5.74, 6) is 1.89. The van der Waals surface area contributed by atoms with Crippen LogP contribution in [0.4, 0.5) is 11.8 Å². The van der Waals surface area contributed by atoms with Crippen LogP contribution in [0.1, 0.15) is 77.6 Å². The lowest BCUT2D eigenvalue weighted by Gasteiger charge is -2.22. The van der Waals surface area contributed by atoms with Gasteiger partial charge >= 0.3 is 0 Å². The molecule has 0 aliphatic carbocycles. The Morgan fingerprint density at radius 2 is 1.83 bits per heavy atom. The van der Waals surface area contributed by atoms with Crippen molar-refractivity contribution >= 4 is 11.8 Å². The summed E-state index contributed by atoms with van der Waals surface area (Å²) in [7, 11) is 0. The smallest absolute Gasteiger partial charge is 0.224 e. The lowest BCUT2D eigenvalue weighted by molar-refractivity contribution is 0.332. The van der Waals surface area contributed by atoms with Crippen molar-refractivity contribution in [2.45, 2.75) is 83.6 Å². The van der Waals surface area contributed by atoms with E-state index in [2.05, 4.69) is 45.2 Å². The van der Waals surface area contributed by atoms with E-state index in [-0.39, 0.29) is 0 Å². The van der Waals surface area contributed by atoms with Crippen molar-refractivity contribution in [1.82, 2.24) is 14.9 Å². The summed E-state index contributed by atoms with van der Waals surface area (Å²) < 4.78 is 0. The summed E-state index contributed by atoms with van der Waals surface area (Å²) in [6.07, 6.45) is 20.8. The number of likely N-dealkylation sites (tertiary alicyclic amines) is 1. The molecule has 0 saturated carbocycles. The fourth-order valence-corrected chi connectivity index (χ4v) is 4.41. The van der Waals surface area contributed by atoms with Crippen molar-refractivity contribution in [2.24, 2.45) is 0 Å². The van der Waals surface area contributed by atoms with Gasteiger partial charge in [-0.3, -0.25) is 0 Å². The first-order valence-corrected chi connectivity index (χ1v) is 12.1. The maximum absolute atomic E-state index is 4.82. The fraction of sp³-hybridized carbons (Fsp3) is 0.750. The molecule has 1 unspecified atom stereocenters. The van der Waals surface area contributed by atoms with E-state index in [0.717, 1.165) is 31.4 Å². The van der Waals surface area contributed by atoms with Crippen molar-refractivity contribution in [3.63, 3.8) is 0 Å². The first-order valence-electron chi connectivity index (χ1n) is 12.1. The molecular formula is C24H41N5. The average Bonchev–Trinajstić information content (AvgIpc) is 3.00. The molecule has 2 fully saturated rings. The molecule has 2 aliphatic heterocycles. The van der Waals surface area contributed by atoms with Crippen LogP contribution in [0.25, 0.3) is 0 Å². The van der Waals surface area contributed by atoms with Gasteiger partial charge in [-0.15, -0.1) is 0 Å². The minimum Gasteiger partial charge on any atom is -0.356 e. The Balaban J connectivity index is 1.36.